The Morgan fingerprint density at radius 3 is 2.67 bits per heavy atom. The van der Waals surface area contributed by atoms with Crippen LogP contribution >= 0.6 is 12.0 Å². The monoisotopic (exact) mass is 315 g/mol. The fraction of sp³-hybridized carbons (Fsp3) is 0.533. The van der Waals surface area contributed by atoms with Gasteiger partial charge in [-0.2, -0.15) is 0 Å². The Hall–Kier alpha value is -1.27. The Morgan fingerprint density at radius 1 is 1.43 bits per heavy atom. The molecule has 1 aromatic carbocycles. The minimum Gasteiger partial charge on any atom is -0.444 e. The third-order valence-electron chi connectivity index (χ3n) is 2.68. The van der Waals surface area contributed by atoms with E-state index in [-0.39, 0.29) is 18.5 Å². The zero-order valence-corrected chi connectivity index (χ0v) is 13.8. The molecule has 0 saturated heterocycles. The lowest BCUT2D eigenvalue weighted by Crippen LogP contribution is -2.34. The molecule has 118 valence electrons. The van der Waals surface area contributed by atoms with E-state index in [1.165, 1.54) is 18.1 Å². The van der Waals surface area contributed by atoms with Crippen LogP contribution in [0.1, 0.15) is 44.9 Å². The minimum atomic E-state index is -0.573. The lowest BCUT2D eigenvalue weighted by Gasteiger charge is -2.23. The largest absolute Gasteiger partial charge is 0.444 e. The average Bonchev–Trinajstić information content (AvgIpc) is 2.34. The first-order valence-electron chi connectivity index (χ1n) is 6.67. The summed E-state index contributed by atoms with van der Waals surface area (Å²) in [5.74, 6) is -0.348. The Balaban J connectivity index is 2.84. The van der Waals surface area contributed by atoms with Gasteiger partial charge in [-0.05, 0) is 51.4 Å². The van der Waals surface area contributed by atoms with Gasteiger partial charge in [0.1, 0.15) is 11.4 Å². The molecule has 0 saturated carbocycles. The average molecular weight is 315 g/mol. The molecule has 0 aromatic heterocycles. The maximum absolute atomic E-state index is 13.9. The zero-order valence-electron chi connectivity index (χ0n) is 13.0. The van der Waals surface area contributed by atoms with Crippen LogP contribution in [0.3, 0.4) is 0 Å². The van der Waals surface area contributed by atoms with Crippen molar-refractivity contribution in [2.24, 2.45) is 0 Å². The van der Waals surface area contributed by atoms with E-state index in [0.29, 0.717) is 11.1 Å². The number of carbonyl (C=O) groups excluding carboxylic acids is 1. The van der Waals surface area contributed by atoms with Crippen LogP contribution in [0.25, 0.3) is 0 Å². The van der Waals surface area contributed by atoms with Crippen LogP contribution in [0, 0.1) is 5.82 Å². The van der Waals surface area contributed by atoms with Gasteiger partial charge in [-0.15, -0.1) is 0 Å². The molecule has 1 amide bonds. The molecule has 6 heteroatoms. The van der Waals surface area contributed by atoms with E-state index in [1.807, 2.05) is 0 Å². The SMILES string of the molecule is CSOCc1c(F)cccc1C(C)NC(=O)OC(C)(C)C. The lowest BCUT2D eigenvalue weighted by molar-refractivity contribution is 0.0507. The van der Waals surface area contributed by atoms with Crippen LogP contribution in [-0.2, 0) is 15.5 Å². The van der Waals surface area contributed by atoms with E-state index in [2.05, 4.69) is 5.32 Å². The van der Waals surface area contributed by atoms with Crippen molar-refractivity contribution in [3.63, 3.8) is 0 Å². The third-order valence-corrected chi connectivity index (χ3v) is 3.03. The van der Waals surface area contributed by atoms with E-state index in [1.54, 1.807) is 46.1 Å². The molecule has 1 atom stereocenters. The van der Waals surface area contributed by atoms with Crippen molar-refractivity contribution in [3.05, 3.63) is 35.1 Å². The van der Waals surface area contributed by atoms with Gasteiger partial charge in [-0.25, -0.2) is 9.18 Å². The first kappa shape index (κ1) is 17.8. The van der Waals surface area contributed by atoms with E-state index >= 15 is 0 Å². The van der Waals surface area contributed by atoms with Gasteiger partial charge in [0, 0.05) is 11.8 Å². The van der Waals surface area contributed by atoms with Crippen molar-refractivity contribution in [3.8, 4) is 0 Å². The molecule has 0 spiro atoms. The van der Waals surface area contributed by atoms with Crippen LogP contribution in [0.2, 0.25) is 0 Å². The quantitative estimate of drug-likeness (QED) is 0.827. The lowest BCUT2D eigenvalue weighted by atomic mass is 10.0. The number of hydrogen-bond donors (Lipinski definition) is 1. The topological polar surface area (TPSA) is 47.6 Å². The fourth-order valence-corrected chi connectivity index (χ4v) is 2.05. The Bertz CT molecular complexity index is 488. The number of nitrogens with one attached hydrogen (secondary N) is 1. The fourth-order valence-electron chi connectivity index (χ4n) is 1.81. The van der Waals surface area contributed by atoms with Crippen molar-refractivity contribution in [1.82, 2.24) is 5.32 Å². The molecule has 1 rings (SSSR count). The van der Waals surface area contributed by atoms with Crippen LogP contribution in [0.15, 0.2) is 18.2 Å². The van der Waals surface area contributed by atoms with E-state index < -0.39 is 11.7 Å². The van der Waals surface area contributed by atoms with Crippen molar-refractivity contribution < 1.29 is 18.1 Å². The van der Waals surface area contributed by atoms with Crippen molar-refractivity contribution in [2.45, 2.75) is 45.9 Å². The number of rotatable bonds is 5. The summed E-state index contributed by atoms with van der Waals surface area (Å²) < 4.78 is 24.3. The molecule has 0 heterocycles. The van der Waals surface area contributed by atoms with Gasteiger partial charge >= 0.3 is 6.09 Å². The highest BCUT2D eigenvalue weighted by atomic mass is 32.2. The molecule has 21 heavy (non-hydrogen) atoms. The van der Waals surface area contributed by atoms with Crippen molar-refractivity contribution in [2.75, 3.05) is 6.26 Å². The first-order chi connectivity index (χ1) is 9.74. The minimum absolute atomic E-state index is 0.142. The van der Waals surface area contributed by atoms with Crippen LogP contribution in [0.4, 0.5) is 9.18 Å². The van der Waals surface area contributed by atoms with Gasteiger partial charge in [0.05, 0.1) is 12.6 Å². The molecule has 0 aliphatic rings. The predicted molar refractivity (Wildman–Crippen MR) is 82.5 cm³/mol. The number of ether oxygens (including phenoxy) is 1. The number of benzene rings is 1. The van der Waals surface area contributed by atoms with Gasteiger partial charge in [0.25, 0.3) is 0 Å². The Labute approximate surface area is 129 Å². The number of amides is 1. The molecular formula is C15H22FNO3S. The van der Waals surface area contributed by atoms with E-state index in [0.717, 1.165) is 0 Å². The number of carbonyl (C=O) groups is 1. The van der Waals surface area contributed by atoms with Crippen LogP contribution in [0.5, 0.6) is 0 Å². The Kier molecular flexibility index (Phi) is 6.48. The number of alkyl carbamates (subject to hydrolysis) is 1. The molecule has 0 bridgehead atoms. The molecule has 0 aliphatic heterocycles. The van der Waals surface area contributed by atoms with E-state index in [9.17, 15) is 9.18 Å². The molecule has 0 fully saturated rings. The summed E-state index contributed by atoms with van der Waals surface area (Å²) >= 11 is 1.17. The standard InChI is InChI=1S/C15H22FNO3S/c1-10(17-14(18)20-15(2,3)4)11-7-6-8-13(16)12(11)9-19-21-5/h6-8,10H,9H2,1-5H3,(H,17,18). The second-order valence-electron chi connectivity index (χ2n) is 5.60. The summed E-state index contributed by atoms with van der Waals surface area (Å²) in [5, 5.41) is 2.71. The highest BCUT2D eigenvalue weighted by Gasteiger charge is 2.20. The highest BCUT2D eigenvalue weighted by Crippen LogP contribution is 2.23. The second-order valence-corrected chi connectivity index (χ2v) is 6.17. The normalized spacial score (nSPS) is 12.9. The number of hydrogen-bond acceptors (Lipinski definition) is 4. The summed E-state index contributed by atoms with van der Waals surface area (Å²) in [6.45, 7) is 7.29. The highest BCUT2D eigenvalue weighted by molar-refractivity contribution is 7.93. The van der Waals surface area contributed by atoms with Gasteiger partial charge in [-0.3, -0.25) is 0 Å². The molecule has 1 unspecified atom stereocenters. The van der Waals surface area contributed by atoms with Gasteiger partial charge in [-0.1, -0.05) is 12.1 Å². The Morgan fingerprint density at radius 2 is 2.10 bits per heavy atom. The van der Waals surface area contributed by atoms with Crippen molar-refractivity contribution in [1.29, 1.82) is 0 Å². The van der Waals surface area contributed by atoms with Crippen LogP contribution < -0.4 is 5.32 Å². The number of halogens is 1. The van der Waals surface area contributed by atoms with Gasteiger partial charge < -0.3 is 14.2 Å². The summed E-state index contributed by atoms with van der Waals surface area (Å²) in [5.41, 5.74) is 0.543. The smallest absolute Gasteiger partial charge is 0.408 e. The van der Waals surface area contributed by atoms with Crippen LogP contribution in [-0.4, -0.2) is 18.0 Å². The van der Waals surface area contributed by atoms with Gasteiger partial charge in [0.2, 0.25) is 0 Å². The first-order valence-corrected chi connectivity index (χ1v) is 7.82. The molecule has 4 nitrogen and oxygen atoms in total. The zero-order chi connectivity index (χ0) is 16.0. The molecule has 1 aromatic rings. The second kappa shape index (κ2) is 7.66. The van der Waals surface area contributed by atoms with Crippen molar-refractivity contribution >= 4 is 18.1 Å². The van der Waals surface area contributed by atoms with E-state index in [4.69, 9.17) is 8.92 Å². The summed E-state index contributed by atoms with van der Waals surface area (Å²) in [6, 6.07) is 4.38. The molecule has 0 aliphatic carbocycles. The molecule has 1 N–H and O–H groups in total. The molecular weight excluding hydrogens is 293 g/mol. The summed E-state index contributed by atoms with van der Waals surface area (Å²) in [4.78, 5) is 11.8. The maximum atomic E-state index is 13.9. The molecule has 0 radical (unpaired) electrons. The summed E-state index contributed by atoms with van der Waals surface area (Å²) in [6.07, 6.45) is 1.24. The maximum Gasteiger partial charge on any atom is 0.408 e. The summed E-state index contributed by atoms with van der Waals surface area (Å²) in [7, 11) is 0. The predicted octanol–water partition coefficient (Wildman–Crippen LogP) is 4.21. The van der Waals surface area contributed by atoms with Gasteiger partial charge in [0.15, 0.2) is 0 Å². The third kappa shape index (κ3) is 5.93.